The summed E-state index contributed by atoms with van der Waals surface area (Å²) in [6.45, 7) is 2.05. The first-order chi connectivity index (χ1) is 8.26. The van der Waals surface area contributed by atoms with E-state index in [4.69, 9.17) is 4.74 Å². The van der Waals surface area contributed by atoms with Crippen molar-refractivity contribution in [2.45, 2.75) is 13.0 Å². The molecule has 2 N–H and O–H groups in total. The first-order valence-corrected chi connectivity index (χ1v) is 5.43. The van der Waals surface area contributed by atoms with Gasteiger partial charge in [-0.1, -0.05) is 17.7 Å². The minimum absolute atomic E-state index is 0.0244. The zero-order valence-electron chi connectivity index (χ0n) is 10.2. The van der Waals surface area contributed by atoms with Crippen molar-refractivity contribution in [1.82, 2.24) is 20.7 Å². The van der Waals surface area contributed by atoms with Crippen LogP contribution in [0.4, 0.5) is 0 Å². The Balaban J connectivity index is 2.46. The standard InChI is InChI=1S/C12H16N4O/c1-8-4-5-11(17-3)9(6-8)12(13-2)10-7-14-16-15-10/h4-7,12-13H,1-3H3,(H,14,15,16). The highest BCUT2D eigenvalue weighted by Crippen LogP contribution is 2.29. The van der Waals surface area contributed by atoms with Crippen LogP contribution in [0.25, 0.3) is 0 Å². The van der Waals surface area contributed by atoms with Crippen LogP contribution in [0.3, 0.4) is 0 Å². The van der Waals surface area contributed by atoms with E-state index in [1.54, 1.807) is 13.3 Å². The fourth-order valence-electron chi connectivity index (χ4n) is 1.89. The quantitative estimate of drug-likeness (QED) is 0.837. The SMILES string of the molecule is CNC(c1cn[nH]n1)c1cc(C)ccc1OC. The molecule has 0 saturated carbocycles. The fourth-order valence-corrected chi connectivity index (χ4v) is 1.89. The number of hydrogen-bond donors (Lipinski definition) is 2. The van der Waals surface area contributed by atoms with Gasteiger partial charge in [0.15, 0.2) is 0 Å². The van der Waals surface area contributed by atoms with Crippen LogP contribution in [-0.4, -0.2) is 29.6 Å². The van der Waals surface area contributed by atoms with E-state index in [2.05, 4.69) is 33.7 Å². The largest absolute Gasteiger partial charge is 0.496 e. The fraction of sp³-hybridized carbons (Fsp3) is 0.333. The van der Waals surface area contributed by atoms with E-state index in [0.29, 0.717) is 0 Å². The van der Waals surface area contributed by atoms with Gasteiger partial charge in [-0.3, -0.25) is 0 Å². The summed E-state index contributed by atoms with van der Waals surface area (Å²) in [6.07, 6.45) is 1.71. The molecule has 0 saturated heterocycles. The van der Waals surface area contributed by atoms with Crippen LogP contribution in [0.5, 0.6) is 5.75 Å². The summed E-state index contributed by atoms with van der Waals surface area (Å²) in [4.78, 5) is 0. The van der Waals surface area contributed by atoms with Crippen LogP contribution in [-0.2, 0) is 0 Å². The van der Waals surface area contributed by atoms with Gasteiger partial charge in [-0.25, -0.2) is 0 Å². The Labute approximate surface area is 100 Å². The molecule has 0 aliphatic heterocycles. The van der Waals surface area contributed by atoms with Gasteiger partial charge in [-0.2, -0.15) is 15.4 Å². The lowest BCUT2D eigenvalue weighted by Crippen LogP contribution is -2.19. The number of aryl methyl sites for hydroxylation is 1. The Morgan fingerprint density at radius 3 is 2.82 bits per heavy atom. The van der Waals surface area contributed by atoms with Crippen molar-refractivity contribution in [2.24, 2.45) is 0 Å². The molecule has 90 valence electrons. The summed E-state index contributed by atoms with van der Waals surface area (Å²) < 4.78 is 5.38. The maximum Gasteiger partial charge on any atom is 0.124 e. The molecular weight excluding hydrogens is 216 g/mol. The summed E-state index contributed by atoms with van der Waals surface area (Å²) in [5, 5.41) is 13.8. The van der Waals surface area contributed by atoms with Crippen molar-refractivity contribution in [3.05, 3.63) is 41.2 Å². The van der Waals surface area contributed by atoms with Crippen LogP contribution in [0, 0.1) is 6.92 Å². The lowest BCUT2D eigenvalue weighted by Gasteiger charge is -2.17. The molecule has 0 spiro atoms. The zero-order valence-corrected chi connectivity index (χ0v) is 10.2. The molecule has 1 atom stereocenters. The summed E-state index contributed by atoms with van der Waals surface area (Å²) in [7, 11) is 3.56. The molecule has 1 unspecified atom stereocenters. The second-order valence-electron chi connectivity index (χ2n) is 3.86. The second kappa shape index (κ2) is 4.97. The predicted octanol–water partition coefficient (Wildman–Crippen LogP) is 1.43. The number of benzene rings is 1. The number of nitrogens with zero attached hydrogens (tertiary/aromatic N) is 2. The number of aromatic amines is 1. The molecule has 0 aliphatic carbocycles. The predicted molar refractivity (Wildman–Crippen MR) is 65.0 cm³/mol. The second-order valence-corrected chi connectivity index (χ2v) is 3.86. The van der Waals surface area contributed by atoms with Gasteiger partial charge in [0, 0.05) is 5.56 Å². The lowest BCUT2D eigenvalue weighted by atomic mass is 10.0. The van der Waals surface area contributed by atoms with Gasteiger partial charge >= 0.3 is 0 Å². The molecule has 2 rings (SSSR count). The molecule has 5 nitrogen and oxygen atoms in total. The Hall–Kier alpha value is -1.88. The maximum absolute atomic E-state index is 5.38. The molecule has 5 heteroatoms. The van der Waals surface area contributed by atoms with Gasteiger partial charge in [-0.15, -0.1) is 0 Å². The molecule has 17 heavy (non-hydrogen) atoms. The highest BCUT2D eigenvalue weighted by atomic mass is 16.5. The van der Waals surface area contributed by atoms with E-state index in [-0.39, 0.29) is 6.04 Å². The number of nitrogens with one attached hydrogen (secondary N) is 2. The van der Waals surface area contributed by atoms with Crippen molar-refractivity contribution < 1.29 is 4.74 Å². The highest BCUT2D eigenvalue weighted by molar-refractivity contribution is 5.42. The Morgan fingerprint density at radius 2 is 2.24 bits per heavy atom. The van der Waals surface area contributed by atoms with E-state index in [9.17, 15) is 0 Å². The Kier molecular flexibility index (Phi) is 3.39. The number of ether oxygens (including phenoxy) is 1. The summed E-state index contributed by atoms with van der Waals surface area (Å²) in [5.41, 5.74) is 3.09. The van der Waals surface area contributed by atoms with Gasteiger partial charge in [0.25, 0.3) is 0 Å². The molecule has 1 heterocycles. The van der Waals surface area contributed by atoms with E-state index in [1.165, 1.54) is 5.56 Å². The van der Waals surface area contributed by atoms with Crippen molar-refractivity contribution in [3.8, 4) is 5.75 Å². The Morgan fingerprint density at radius 1 is 1.41 bits per heavy atom. The summed E-state index contributed by atoms with van der Waals surface area (Å²) in [6, 6.07) is 6.06. The summed E-state index contributed by atoms with van der Waals surface area (Å²) >= 11 is 0. The van der Waals surface area contributed by atoms with Gasteiger partial charge in [0.1, 0.15) is 11.4 Å². The van der Waals surface area contributed by atoms with E-state index in [0.717, 1.165) is 17.0 Å². The van der Waals surface area contributed by atoms with Crippen LogP contribution >= 0.6 is 0 Å². The molecule has 0 aliphatic rings. The van der Waals surface area contributed by atoms with Crippen LogP contribution in [0.1, 0.15) is 22.9 Å². The summed E-state index contributed by atoms with van der Waals surface area (Å²) in [5.74, 6) is 0.845. The highest BCUT2D eigenvalue weighted by Gasteiger charge is 2.18. The van der Waals surface area contributed by atoms with Crippen molar-refractivity contribution >= 4 is 0 Å². The Bertz CT molecular complexity index is 481. The number of methoxy groups -OCH3 is 1. The average Bonchev–Trinajstić information content (AvgIpc) is 2.84. The van der Waals surface area contributed by atoms with Crippen molar-refractivity contribution in [3.63, 3.8) is 0 Å². The molecule has 0 radical (unpaired) electrons. The third kappa shape index (κ3) is 2.29. The molecule has 0 amide bonds. The first kappa shape index (κ1) is 11.6. The third-order valence-electron chi connectivity index (χ3n) is 2.71. The smallest absolute Gasteiger partial charge is 0.124 e. The monoisotopic (exact) mass is 232 g/mol. The maximum atomic E-state index is 5.38. The van der Waals surface area contributed by atoms with E-state index in [1.807, 2.05) is 19.2 Å². The normalized spacial score (nSPS) is 12.4. The van der Waals surface area contributed by atoms with E-state index < -0.39 is 0 Å². The number of rotatable bonds is 4. The van der Waals surface area contributed by atoms with Gasteiger partial charge in [0.05, 0.1) is 19.3 Å². The molecule has 1 aromatic carbocycles. The topological polar surface area (TPSA) is 62.8 Å². The average molecular weight is 232 g/mol. The van der Waals surface area contributed by atoms with E-state index >= 15 is 0 Å². The first-order valence-electron chi connectivity index (χ1n) is 5.43. The molecule has 2 aromatic rings. The van der Waals surface area contributed by atoms with Gasteiger partial charge in [0.2, 0.25) is 0 Å². The van der Waals surface area contributed by atoms with Crippen LogP contribution < -0.4 is 10.1 Å². The minimum Gasteiger partial charge on any atom is -0.496 e. The zero-order chi connectivity index (χ0) is 12.3. The molecule has 0 bridgehead atoms. The van der Waals surface area contributed by atoms with Crippen molar-refractivity contribution in [2.75, 3.05) is 14.2 Å². The van der Waals surface area contributed by atoms with Crippen molar-refractivity contribution in [1.29, 1.82) is 0 Å². The van der Waals surface area contributed by atoms with Crippen LogP contribution in [0.15, 0.2) is 24.4 Å². The number of aromatic nitrogens is 3. The van der Waals surface area contributed by atoms with Gasteiger partial charge < -0.3 is 10.1 Å². The minimum atomic E-state index is -0.0244. The molecule has 1 aromatic heterocycles. The lowest BCUT2D eigenvalue weighted by molar-refractivity contribution is 0.405. The molecule has 0 fully saturated rings. The number of H-pyrrole nitrogens is 1. The third-order valence-corrected chi connectivity index (χ3v) is 2.71. The van der Waals surface area contributed by atoms with Gasteiger partial charge in [-0.05, 0) is 20.0 Å². The number of hydrogen-bond acceptors (Lipinski definition) is 4. The van der Waals surface area contributed by atoms with Crippen LogP contribution in [0.2, 0.25) is 0 Å². The molecular formula is C12H16N4O.